The predicted molar refractivity (Wildman–Crippen MR) is 64.3 cm³/mol. The van der Waals surface area contributed by atoms with Gasteiger partial charge in [0.25, 0.3) is 5.91 Å². The van der Waals surface area contributed by atoms with Crippen molar-refractivity contribution in [2.45, 2.75) is 13.5 Å². The molecule has 0 bridgehead atoms. The van der Waals surface area contributed by atoms with Gasteiger partial charge in [0.15, 0.2) is 5.82 Å². The molecule has 1 aromatic carbocycles. The lowest BCUT2D eigenvalue weighted by Crippen LogP contribution is -2.23. The van der Waals surface area contributed by atoms with Gasteiger partial charge in [0, 0.05) is 5.56 Å². The Kier molecular flexibility index (Phi) is 3.49. The number of amides is 1. The summed E-state index contributed by atoms with van der Waals surface area (Å²) in [6, 6.07) is 5.19. The fourth-order valence-electron chi connectivity index (χ4n) is 1.49. The molecule has 0 saturated heterocycles. The molecule has 0 aliphatic rings. The number of aryl methyl sites for hydroxylation is 1. The first-order chi connectivity index (χ1) is 8.70. The first kappa shape index (κ1) is 12.0. The van der Waals surface area contributed by atoms with Crippen LogP contribution in [0, 0.1) is 6.92 Å². The summed E-state index contributed by atoms with van der Waals surface area (Å²) in [7, 11) is 0. The summed E-state index contributed by atoms with van der Waals surface area (Å²) in [6.45, 7) is 2.09. The molecule has 94 valence electrons. The third-order valence-corrected chi connectivity index (χ3v) is 2.44. The van der Waals surface area contributed by atoms with Gasteiger partial charge in [-0.05, 0) is 30.7 Å². The molecule has 0 aliphatic carbocycles. The quantitative estimate of drug-likeness (QED) is 0.435. The van der Waals surface area contributed by atoms with Crippen LogP contribution in [0.5, 0.6) is 0 Å². The predicted octanol–water partition coefficient (Wildman–Crippen LogP) is -0.276. The average Bonchev–Trinajstić information content (AvgIpc) is 2.89. The number of aromatic nitrogens is 4. The maximum atomic E-state index is 11.8. The van der Waals surface area contributed by atoms with Crippen LogP contribution in [0.2, 0.25) is 0 Å². The van der Waals surface area contributed by atoms with Crippen LogP contribution in [0.4, 0.5) is 5.69 Å². The molecule has 0 aliphatic heterocycles. The van der Waals surface area contributed by atoms with Gasteiger partial charge in [0.1, 0.15) is 0 Å². The van der Waals surface area contributed by atoms with Crippen LogP contribution >= 0.6 is 0 Å². The van der Waals surface area contributed by atoms with Crippen molar-refractivity contribution in [3.8, 4) is 0 Å². The zero-order valence-corrected chi connectivity index (χ0v) is 9.77. The van der Waals surface area contributed by atoms with Crippen molar-refractivity contribution in [3.05, 3.63) is 35.2 Å². The van der Waals surface area contributed by atoms with Gasteiger partial charge in [-0.15, -0.1) is 10.2 Å². The lowest BCUT2D eigenvalue weighted by molar-refractivity contribution is 0.0950. The van der Waals surface area contributed by atoms with E-state index in [4.69, 9.17) is 5.84 Å². The number of rotatable bonds is 4. The first-order valence-electron chi connectivity index (χ1n) is 5.28. The largest absolute Gasteiger partial charge is 0.345 e. The normalized spacial score (nSPS) is 10.1. The monoisotopic (exact) mass is 247 g/mol. The van der Waals surface area contributed by atoms with Gasteiger partial charge < -0.3 is 10.7 Å². The topological polar surface area (TPSA) is 122 Å². The molecule has 1 amide bonds. The second kappa shape index (κ2) is 5.23. The highest BCUT2D eigenvalue weighted by molar-refractivity contribution is 5.94. The molecule has 0 radical (unpaired) electrons. The number of nitrogens with two attached hydrogens (primary N) is 1. The molecule has 2 rings (SSSR count). The summed E-state index contributed by atoms with van der Waals surface area (Å²) >= 11 is 0. The van der Waals surface area contributed by atoms with Crippen molar-refractivity contribution >= 4 is 11.6 Å². The number of H-pyrrole nitrogens is 1. The van der Waals surface area contributed by atoms with Crippen LogP contribution in [0.25, 0.3) is 0 Å². The molecule has 8 heteroatoms. The molecule has 18 heavy (non-hydrogen) atoms. The number of nitrogens with zero attached hydrogens (tertiary/aromatic N) is 3. The maximum absolute atomic E-state index is 11.8. The van der Waals surface area contributed by atoms with Gasteiger partial charge in [-0.25, -0.2) is 0 Å². The van der Waals surface area contributed by atoms with E-state index in [0.717, 1.165) is 11.3 Å². The van der Waals surface area contributed by atoms with Crippen molar-refractivity contribution in [2.24, 2.45) is 5.84 Å². The van der Waals surface area contributed by atoms with Gasteiger partial charge in [0.2, 0.25) is 0 Å². The summed E-state index contributed by atoms with van der Waals surface area (Å²) in [6.07, 6.45) is 0. The third kappa shape index (κ3) is 2.61. The average molecular weight is 247 g/mol. The van der Waals surface area contributed by atoms with E-state index in [1.807, 2.05) is 6.92 Å². The second-order valence-corrected chi connectivity index (χ2v) is 3.68. The molecular weight excluding hydrogens is 234 g/mol. The summed E-state index contributed by atoms with van der Waals surface area (Å²) < 4.78 is 0. The van der Waals surface area contributed by atoms with Gasteiger partial charge in [-0.2, -0.15) is 5.21 Å². The minimum Gasteiger partial charge on any atom is -0.345 e. The Hall–Kier alpha value is -2.48. The zero-order valence-electron chi connectivity index (χ0n) is 9.77. The Bertz CT molecular complexity index is 537. The van der Waals surface area contributed by atoms with Crippen molar-refractivity contribution < 1.29 is 4.79 Å². The van der Waals surface area contributed by atoms with Gasteiger partial charge in [-0.3, -0.25) is 10.6 Å². The van der Waals surface area contributed by atoms with E-state index in [2.05, 4.69) is 31.4 Å². The number of hydrogen-bond donors (Lipinski definition) is 4. The van der Waals surface area contributed by atoms with Gasteiger partial charge in [0.05, 0.1) is 12.2 Å². The van der Waals surface area contributed by atoms with E-state index < -0.39 is 0 Å². The molecule has 1 aromatic heterocycles. The fourth-order valence-corrected chi connectivity index (χ4v) is 1.49. The van der Waals surface area contributed by atoms with E-state index >= 15 is 0 Å². The molecule has 8 nitrogen and oxygen atoms in total. The summed E-state index contributed by atoms with van der Waals surface area (Å²) in [5, 5.41) is 15.9. The van der Waals surface area contributed by atoms with E-state index in [1.165, 1.54) is 0 Å². The number of carbonyl (C=O) groups excluding carboxylic acids is 1. The van der Waals surface area contributed by atoms with Crippen LogP contribution in [0.3, 0.4) is 0 Å². The molecular formula is C10H13N7O. The second-order valence-electron chi connectivity index (χ2n) is 3.68. The van der Waals surface area contributed by atoms with Crippen molar-refractivity contribution in [3.63, 3.8) is 0 Å². The van der Waals surface area contributed by atoms with Crippen LogP contribution in [-0.4, -0.2) is 26.5 Å². The van der Waals surface area contributed by atoms with Crippen molar-refractivity contribution in [1.82, 2.24) is 25.9 Å². The van der Waals surface area contributed by atoms with E-state index in [-0.39, 0.29) is 12.5 Å². The molecule has 2 aromatic rings. The smallest absolute Gasteiger partial charge is 0.251 e. The highest BCUT2D eigenvalue weighted by Gasteiger charge is 2.08. The number of nitrogen functional groups attached to an aromatic ring is 1. The molecule has 1 heterocycles. The number of hydrazine groups is 1. The zero-order chi connectivity index (χ0) is 13.0. The Morgan fingerprint density at radius 2 is 2.33 bits per heavy atom. The van der Waals surface area contributed by atoms with Gasteiger partial charge >= 0.3 is 0 Å². The van der Waals surface area contributed by atoms with Crippen LogP contribution in [0.15, 0.2) is 18.2 Å². The number of aromatic amines is 1. The van der Waals surface area contributed by atoms with Gasteiger partial charge in [-0.1, -0.05) is 5.21 Å². The number of anilines is 1. The summed E-state index contributed by atoms with van der Waals surface area (Å²) in [4.78, 5) is 11.8. The fraction of sp³-hybridized carbons (Fsp3) is 0.200. The highest BCUT2D eigenvalue weighted by atomic mass is 16.1. The number of tetrazole rings is 1. The first-order valence-corrected chi connectivity index (χ1v) is 5.28. The molecule has 0 unspecified atom stereocenters. The van der Waals surface area contributed by atoms with Crippen molar-refractivity contribution in [1.29, 1.82) is 0 Å². The summed E-state index contributed by atoms with van der Waals surface area (Å²) in [5.41, 5.74) is 4.78. The van der Waals surface area contributed by atoms with Crippen LogP contribution in [-0.2, 0) is 6.54 Å². The van der Waals surface area contributed by atoms with Crippen LogP contribution < -0.4 is 16.6 Å². The standard InChI is InChI=1S/C10H13N7O/c1-6-4-7(2-3-8(6)13-11)10(18)12-5-9-14-16-17-15-9/h2-4,13H,5,11H2,1H3,(H,12,18)(H,14,15,16,17). The molecule has 5 N–H and O–H groups in total. The SMILES string of the molecule is Cc1cc(C(=O)NCc2nn[nH]n2)ccc1NN. The number of benzene rings is 1. The lowest BCUT2D eigenvalue weighted by Gasteiger charge is -2.07. The van der Waals surface area contributed by atoms with E-state index in [9.17, 15) is 4.79 Å². The number of carbonyl (C=O) groups is 1. The minimum absolute atomic E-state index is 0.202. The third-order valence-electron chi connectivity index (χ3n) is 2.44. The maximum Gasteiger partial charge on any atom is 0.251 e. The molecule has 0 spiro atoms. The van der Waals surface area contributed by atoms with Crippen LogP contribution in [0.1, 0.15) is 21.7 Å². The molecule has 0 atom stereocenters. The number of hydrogen-bond acceptors (Lipinski definition) is 6. The summed E-state index contributed by atoms with van der Waals surface area (Å²) in [5.74, 6) is 5.55. The van der Waals surface area contributed by atoms with Crippen molar-refractivity contribution in [2.75, 3.05) is 5.43 Å². The lowest BCUT2D eigenvalue weighted by atomic mass is 10.1. The minimum atomic E-state index is -0.202. The molecule has 0 fully saturated rings. The Balaban J connectivity index is 2.02. The molecule has 0 saturated carbocycles. The highest BCUT2D eigenvalue weighted by Crippen LogP contribution is 2.15. The number of nitrogens with one attached hydrogen (secondary N) is 3. The Morgan fingerprint density at radius 3 is 2.94 bits per heavy atom. The Morgan fingerprint density at radius 1 is 1.50 bits per heavy atom. The Labute approximate surface area is 103 Å². The van der Waals surface area contributed by atoms with E-state index in [0.29, 0.717) is 11.4 Å². The van der Waals surface area contributed by atoms with E-state index in [1.54, 1.807) is 18.2 Å².